The van der Waals surface area contributed by atoms with E-state index in [0.717, 1.165) is 29.2 Å². The van der Waals surface area contributed by atoms with E-state index in [2.05, 4.69) is 21.5 Å². The van der Waals surface area contributed by atoms with E-state index < -0.39 is 72.7 Å². The van der Waals surface area contributed by atoms with Crippen molar-refractivity contribution in [1.82, 2.24) is 24.4 Å². The summed E-state index contributed by atoms with van der Waals surface area (Å²) < 4.78 is 99.3. The van der Waals surface area contributed by atoms with Crippen LogP contribution in [-0.2, 0) is 20.8 Å². The fraction of sp³-hybridized carbons (Fsp3) is 0.323. The van der Waals surface area contributed by atoms with E-state index in [9.17, 15) is 35.6 Å². The van der Waals surface area contributed by atoms with Crippen LogP contribution in [0, 0.1) is 11.6 Å². The largest absolute Gasteiger partial charge is 0.417 e. The number of alkyl halides is 3. The summed E-state index contributed by atoms with van der Waals surface area (Å²) >= 11 is 0. The van der Waals surface area contributed by atoms with E-state index in [1.807, 2.05) is 0 Å². The molecule has 1 saturated heterocycles. The number of piperazine rings is 1. The highest BCUT2D eigenvalue weighted by Crippen LogP contribution is 2.40. The van der Waals surface area contributed by atoms with Crippen molar-refractivity contribution in [3.63, 3.8) is 0 Å². The number of carbonyl (C=O) groups excluding carboxylic acids is 1. The van der Waals surface area contributed by atoms with E-state index in [-0.39, 0.29) is 48.0 Å². The normalized spacial score (nSPS) is 15.8. The number of aromatic nitrogens is 4. The number of hydrogen-bond donors (Lipinski definition) is 0. The van der Waals surface area contributed by atoms with Crippen LogP contribution in [0.4, 0.5) is 27.8 Å². The second-order valence-corrected chi connectivity index (χ2v) is 13.4. The van der Waals surface area contributed by atoms with Gasteiger partial charge in [-0.15, -0.1) is 0 Å². The molecular formula is C31H29F5N6O4S. The molecule has 0 N–H and O–H groups in total. The first-order chi connectivity index (χ1) is 21.9. The molecule has 0 spiro atoms. The molecule has 1 aliphatic rings. The minimum atomic E-state index is -5.04. The molecule has 1 amide bonds. The number of benzene rings is 1. The van der Waals surface area contributed by atoms with Crippen LogP contribution in [-0.4, -0.2) is 70.7 Å². The van der Waals surface area contributed by atoms with Crippen molar-refractivity contribution in [3.05, 3.63) is 82.6 Å². The lowest BCUT2D eigenvalue weighted by Gasteiger charge is -2.40. The lowest BCUT2D eigenvalue weighted by molar-refractivity contribution is -0.137. The number of nitrogens with zero attached hydrogens (tertiary/aromatic N) is 6. The molecule has 4 aromatic rings. The molecule has 0 radical (unpaired) electrons. The molecule has 5 rings (SSSR count). The number of anilines is 1. The average Bonchev–Trinajstić information content (AvgIpc) is 2.98. The average molecular weight is 677 g/mol. The summed E-state index contributed by atoms with van der Waals surface area (Å²) in [6, 6.07) is 1.86. The zero-order valence-corrected chi connectivity index (χ0v) is 26.5. The fourth-order valence-corrected chi connectivity index (χ4v) is 6.47. The summed E-state index contributed by atoms with van der Waals surface area (Å²) in [5.41, 5.74) is -4.68. The van der Waals surface area contributed by atoms with Gasteiger partial charge in [-0.05, 0) is 48.7 Å². The molecule has 1 fully saturated rings. The summed E-state index contributed by atoms with van der Waals surface area (Å²) in [6.45, 7) is 9.09. The lowest BCUT2D eigenvalue weighted by atomic mass is 10.0. The number of rotatable bonds is 6. The van der Waals surface area contributed by atoms with Crippen LogP contribution < -0.4 is 10.6 Å². The molecule has 3 aromatic heterocycles. The summed E-state index contributed by atoms with van der Waals surface area (Å²) in [4.78, 5) is 41.5. The SMILES string of the molecule is C=CC(=O)N1CCN(c2nc(=O)n(-c3c(C(C)C)cncc3S(C)(=O)=O)c3nc(-c4cc(F)ccc4C(F)(F)F)c(F)cc23)[C@@H](C)C1. The molecule has 16 heteroatoms. The third-order valence-electron chi connectivity index (χ3n) is 7.89. The second-order valence-electron chi connectivity index (χ2n) is 11.5. The fourth-order valence-electron chi connectivity index (χ4n) is 5.66. The number of amides is 1. The van der Waals surface area contributed by atoms with E-state index in [1.54, 1.807) is 25.7 Å². The number of sulfone groups is 1. The number of pyridine rings is 2. The van der Waals surface area contributed by atoms with Gasteiger partial charge < -0.3 is 9.80 Å². The highest BCUT2D eigenvalue weighted by atomic mass is 32.2. The van der Waals surface area contributed by atoms with Gasteiger partial charge in [-0.2, -0.15) is 18.2 Å². The first-order valence-electron chi connectivity index (χ1n) is 14.3. The van der Waals surface area contributed by atoms with Crippen molar-refractivity contribution >= 4 is 32.6 Å². The molecule has 1 atom stereocenters. The Morgan fingerprint density at radius 3 is 2.40 bits per heavy atom. The van der Waals surface area contributed by atoms with Gasteiger partial charge in [-0.25, -0.2) is 31.5 Å². The molecule has 0 saturated carbocycles. The van der Waals surface area contributed by atoms with Crippen molar-refractivity contribution < 1.29 is 35.2 Å². The van der Waals surface area contributed by atoms with Crippen molar-refractivity contribution in [1.29, 1.82) is 0 Å². The third kappa shape index (κ3) is 6.21. The molecule has 1 aromatic carbocycles. The maximum Gasteiger partial charge on any atom is 0.417 e. The predicted molar refractivity (Wildman–Crippen MR) is 164 cm³/mol. The van der Waals surface area contributed by atoms with Gasteiger partial charge >= 0.3 is 11.9 Å². The number of fused-ring (bicyclic) bond motifs is 1. The molecule has 47 heavy (non-hydrogen) atoms. The van der Waals surface area contributed by atoms with Gasteiger partial charge in [0.15, 0.2) is 15.5 Å². The monoisotopic (exact) mass is 676 g/mol. The Kier molecular flexibility index (Phi) is 8.68. The minimum absolute atomic E-state index is 0.0891. The molecule has 248 valence electrons. The van der Waals surface area contributed by atoms with Gasteiger partial charge in [-0.1, -0.05) is 20.4 Å². The zero-order chi connectivity index (χ0) is 34.6. The Hall–Kier alpha value is -4.73. The first-order valence-corrected chi connectivity index (χ1v) is 16.2. The third-order valence-corrected chi connectivity index (χ3v) is 8.98. The van der Waals surface area contributed by atoms with Crippen LogP contribution in [0.15, 0.2) is 59.0 Å². The Morgan fingerprint density at radius 2 is 1.81 bits per heavy atom. The van der Waals surface area contributed by atoms with Gasteiger partial charge in [0, 0.05) is 49.9 Å². The van der Waals surface area contributed by atoms with Gasteiger partial charge in [0.05, 0.1) is 16.6 Å². The summed E-state index contributed by atoms with van der Waals surface area (Å²) in [6.07, 6.45) is -0.650. The Morgan fingerprint density at radius 1 is 1.11 bits per heavy atom. The smallest absolute Gasteiger partial charge is 0.350 e. The van der Waals surface area contributed by atoms with Crippen LogP contribution in [0.5, 0.6) is 0 Å². The number of carbonyl (C=O) groups is 1. The molecular weight excluding hydrogens is 647 g/mol. The molecule has 0 unspecified atom stereocenters. The van der Waals surface area contributed by atoms with Crippen LogP contribution in [0.1, 0.15) is 37.8 Å². The predicted octanol–water partition coefficient (Wildman–Crippen LogP) is 4.89. The lowest BCUT2D eigenvalue weighted by Crippen LogP contribution is -2.54. The molecule has 0 bridgehead atoms. The van der Waals surface area contributed by atoms with Crippen molar-refractivity contribution in [3.8, 4) is 16.9 Å². The number of halogens is 5. The minimum Gasteiger partial charge on any atom is -0.350 e. The quantitative estimate of drug-likeness (QED) is 0.209. The zero-order valence-electron chi connectivity index (χ0n) is 25.6. The van der Waals surface area contributed by atoms with Crippen LogP contribution >= 0.6 is 0 Å². The van der Waals surface area contributed by atoms with Gasteiger partial charge in [0.1, 0.15) is 28.0 Å². The van der Waals surface area contributed by atoms with Gasteiger partial charge in [0.2, 0.25) is 5.91 Å². The Labute approximate surface area is 266 Å². The molecule has 1 aliphatic heterocycles. The maximum atomic E-state index is 16.0. The van der Waals surface area contributed by atoms with Crippen molar-refractivity contribution in [2.45, 2.75) is 43.8 Å². The number of hydrogen-bond acceptors (Lipinski definition) is 8. The Balaban J connectivity index is 1.92. The highest BCUT2D eigenvalue weighted by Gasteiger charge is 2.36. The molecule has 4 heterocycles. The highest BCUT2D eigenvalue weighted by molar-refractivity contribution is 7.90. The molecule has 10 nitrogen and oxygen atoms in total. The Bertz CT molecular complexity index is 2100. The van der Waals surface area contributed by atoms with Crippen LogP contribution in [0.25, 0.3) is 28.0 Å². The van der Waals surface area contributed by atoms with Crippen LogP contribution in [0.2, 0.25) is 0 Å². The topological polar surface area (TPSA) is 118 Å². The second kappa shape index (κ2) is 12.1. The summed E-state index contributed by atoms with van der Waals surface area (Å²) in [5, 5.41) is -0.142. The van der Waals surface area contributed by atoms with E-state index in [4.69, 9.17) is 0 Å². The molecule has 0 aliphatic carbocycles. The van der Waals surface area contributed by atoms with E-state index >= 15 is 4.39 Å². The maximum absolute atomic E-state index is 16.0. The van der Waals surface area contributed by atoms with Crippen LogP contribution in [0.3, 0.4) is 0 Å². The van der Waals surface area contributed by atoms with Crippen molar-refractivity contribution in [2.75, 3.05) is 30.8 Å². The summed E-state index contributed by atoms with van der Waals surface area (Å²) in [7, 11) is -4.09. The van der Waals surface area contributed by atoms with E-state index in [0.29, 0.717) is 18.2 Å². The van der Waals surface area contributed by atoms with Gasteiger partial charge in [0.25, 0.3) is 0 Å². The summed E-state index contributed by atoms with van der Waals surface area (Å²) in [5.74, 6) is -3.23. The van der Waals surface area contributed by atoms with Crippen molar-refractivity contribution in [2.24, 2.45) is 0 Å². The standard InChI is InChI=1S/C31H29F5N6O4S/c1-6-25(43)40-9-10-41(17(4)15-40)28-20-12-23(33)26(19-11-18(32)7-8-22(19)31(34,35)36)38-29(20)42(30(44)39-28)27-21(16(2)3)13-37-14-24(27)47(5,45)46/h6-8,11-14,16-17H,1,9-10,15H2,2-5H3/t17-/m0/s1. The van der Waals surface area contributed by atoms with E-state index in [1.165, 1.54) is 11.1 Å². The first kappa shape index (κ1) is 33.6. The van der Waals surface area contributed by atoms with Gasteiger partial charge in [-0.3, -0.25) is 9.78 Å².